The number of ketones is 1. The van der Waals surface area contributed by atoms with Crippen LogP contribution in [-0.4, -0.2) is 78.6 Å². The van der Waals surface area contributed by atoms with Crippen molar-refractivity contribution in [3.05, 3.63) is 34.6 Å². The molecule has 0 unspecified atom stereocenters. The van der Waals surface area contributed by atoms with Gasteiger partial charge in [0.05, 0.1) is 42.7 Å². The van der Waals surface area contributed by atoms with Gasteiger partial charge in [-0.1, -0.05) is 47.0 Å². The highest BCUT2D eigenvalue weighted by atomic mass is 32.2. The van der Waals surface area contributed by atoms with Gasteiger partial charge in [-0.15, -0.1) is 0 Å². The number of methoxy groups -OCH3 is 1. The summed E-state index contributed by atoms with van der Waals surface area (Å²) in [7, 11) is -2.28. The molecule has 3 heterocycles. The Morgan fingerprint density at radius 3 is 2.42 bits per heavy atom. The number of carbonyl (C=O) groups is 4. The van der Waals surface area contributed by atoms with E-state index in [1.165, 1.54) is 4.90 Å². The molecule has 1 N–H and O–H groups in total. The summed E-state index contributed by atoms with van der Waals surface area (Å²) >= 11 is 0. The lowest BCUT2D eigenvalue weighted by molar-refractivity contribution is -0.158. The van der Waals surface area contributed by atoms with E-state index in [9.17, 15) is 32.4 Å². The van der Waals surface area contributed by atoms with Gasteiger partial charge in [0.1, 0.15) is 18.0 Å². The van der Waals surface area contributed by atoms with E-state index in [-0.39, 0.29) is 61.0 Å². The van der Waals surface area contributed by atoms with Crippen LogP contribution in [0.2, 0.25) is 0 Å². The molecule has 2 bridgehead atoms. The molecule has 2 aromatic rings. The number of Topliss-reactive ketones (excluding diaryl/α,β-unsaturated/α-hetero) is 1. The molecular formula is C43H59N3O10S. The van der Waals surface area contributed by atoms with Gasteiger partial charge in [0.15, 0.2) is 11.7 Å². The maximum absolute atomic E-state index is 14.9. The first-order valence-corrected chi connectivity index (χ1v) is 22.6. The quantitative estimate of drug-likeness (QED) is 0.328. The molecule has 2 aliphatic heterocycles. The average Bonchev–Trinajstić information content (AvgIpc) is 4.05. The van der Waals surface area contributed by atoms with Crippen LogP contribution in [0.15, 0.2) is 29.1 Å². The summed E-state index contributed by atoms with van der Waals surface area (Å²) in [5, 5.41) is 0.562. The van der Waals surface area contributed by atoms with Gasteiger partial charge < -0.3 is 19.1 Å². The smallest absolute Gasteiger partial charge is 0.306 e. The molecule has 3 saturated carbocycles. The minimum absolute atomic E-state index is 0.0123. The van der Waals surface area contributed by atoms with Gasteiger partial charge in [-0.25, -0.2) is 8.42 Å². The SMILES string of the molecule is CC[C@@H]1C[C@]1(CC(=O)[C@@H]1C[C@@H]2CN1C(=O)[C@H](C(C)(C)C)CC(=O)O[C@@H]1CCC[C@H]1CCCCCn1c(cc3cc(OC)ccc3c1=O)O2)C(=O)NS(=O)(=O)C1CC1. The number of hydrogen-bond donors (Lipinski definition) is 1. The summed E-state index contributed by atoms with van der Waals surface area (Å²) in [6, 6.07) is 6.09. The monoisotopic (exact) mass is 809 g/mol. The molecule has 1 aromatic carbocycles. The van der Waals surface area contributed by atoms with Crippen molar-refractivity contribution in [2.45, 2.75) is 148 Å². The lowest BCUT2D eigenvalue weighted by Gasteiger charge is -2.35. The van der Waals surface area contributed by atoms with Crippen molar-refractivity contribution in [3.8, 4) is 11.6 Å². The molecule has 7 atom stereocenters. The van der Waals surface area contributed by atoms with Crippen molar-refractivity contribution < 1.29 is 41.8 Å². The second-order valence-electron chi connectivity index (χ2n) is 18.3. The van der Waals surface area contributed by atoms with E-state index in [4.69, 9.17) is 14.2 Å². The second kappa shape index (κ2) is 16.0. The van der Waals surface area contributed by atoms with Gasteiger partial charge >= 0.3 is 5.97 Å². The second-order valence-corrected chi connectivity index (χ2v) is 20.3. The van der Waals surface area contributed by atoms with Gasteiger partial charge in [-0.05, 0) is 92.2 Å². The average molecular weight is 810 g/mol. The molecule has 5 aliphatic rings. The minimum atomic E-state index is -3.84. The van der Waals surface area contributed by atoms with E-state index < -0.39 is 56.0 Å². The summed E-state index contributed by atoms with van der Waals surface area (Å²) in [6.45, 7) is 8.01. The Morgan fingerprint density at radius 1 is 0.982 bits per heavy atom. The Labute approximate surface area is 335 Å². The number of fused-ring (bicyclic) bond motifs is 5. The summed E-state index contributed by atoms with van der Waals surface area (Å²) in [4.78, 5) is 72.4. The molecule has 4 fully saturated rings. The number of sulfonamides is 1. The minimum Gasteiger partial charge on any atom is -0.497 e. The number of benzene rings is 1. The van der Waals surface area contributed by atoms with Crippen LogP contribution >= 0.6 is 0 Å². The van der Waals surface area contributed by atoms with E-state index in [1.54, 1.807) is 29.9 Å². The van der Waals surface area contributed by atoms with Crippen molar-refractivity contribution >= 4 is 44.4 Å². The highest BCUT2D eigenvalue weighted by Gasteiger charge is 2.62. The fraction of sp³-hybridized carbons (Fsp3) is 0.698. The van der Waals surface area contributed by atoms with E-state index in [0.717, 1.165) is 44.9 Å². The third-order valence-electron chi connectivity index (χ3n) is 13.4. The number of hydrogen-bond acceptors (Lipinski definition) is 10. The molecule has 3 aliphatic carbocycles. The lowest BCUT2D eigenvalue weighted by atomic mass is 9.77. The zero-order valence-corrected chi connectivity index (χ0v) is 34.9. The molecule has 13 nitrogen and oxygen atoms in total. The zero-order chi connectivity index (χ0) is 40.9. The zero-order valence-electron chi connectivity index (χ0n) is 34.0. The maximum atomic E-state index is 14.9. The Balaban J connectivity index is 1.24. The summed E-state index contributed by atoms with van der Waals surface area (Å²) in [5.41, 5.74) is -2.09. The van der Waals surface area contributed by atoms with Crippen molar-refractivity contribution in [1.29, 1.82) is 0 Å². The van der Waals surface area contributed by atoms with Crippen molar-refractivity contribution in [3.63, 3.8) is 0 Å². The van der Waals surface area contributed by atoms with Crippen LogP contribution in [0.1, 0.15) is 118 Å². The number of aromatic nitrogens is 1. The van der Waals surface area contributed by atoms with E-state index in [1.807, 2.05) is 33.8 Å². The third-order valence-corrected chi connectivity index (χ3v) is 15.2. The van der Waals surface area contributed by atoms with Gasteiger partial charge in [0, 0.05) is 30.8 Å². The highest BCUT2D eigenvalue weighted by Crippen LogP contribution is 2.58. The van der Waals surface area contributed by atoms with Gasteiger partial charge in [-0.3, -0.25) is 33.3 Å². The van der Waals surface area contributed by atoms with Crippen molar-refractivity contribution in [2.75, 3.05) is 13.7 Å². The van der Waals surface area contributed by atoms with Crippen molar-refractivity contribution in [1.82, 2.24) is 14.2 Å². The molecule has 7 rings (SSSR count). The molecule has 312 valence electrons. The molecule has 14 heteroatoms. The van der Waals surface area contributed by atoms with Crippen LogP contribution in [0, 0.1) is 28.6 Å². The number of nitrogens with zero attached hydrogens (tertiary/aromatic N) is 2. The van der Waals surface area contributed by atoms with E-state index >= 15 is 0 Å². The predicted molar refractivity (Wildman–Crippen MR) is 213 cm³/mol. The molecule has 0 spiro atoms. The number of rotatable bonds is 8. The van der Waals surface area contributed by atoms with Gasteiger partial charge in [-0.2, -0.15) is 0 Å². The predicted octanol–water partition coefficient (Wildman–Crippen LogP) is 5.68. The van der Waals surface area contributed by atoms with Crippen LogP contribution in [0.25, 0.3) is 10.8 Å². The fourth-order valence-corrected chi connectivity index (χ4v) is 11.0. The van der Waals surface area contributed by atoms with E-state index in [0.29, 0.717) is 54.6 Å². The number of ether oxygens (including phenoxy) is 3. The Kier molecular flexibility index (Phi) is 11.6. The number of pyridine rings is 1. The summed E-state index contributed by atoms with van der Waals surface area (Å²) in [5.74, 6) is -1.70. The number of esters is 1. The highest BCUT2D eigenvalue weighted by molar-refractivity contribution is 7.90. The summed E-state index contributed by atoms with van der Waals surface area (Å²) < 4.78 is 47.9. The molecule has 0 radical (unpaired) electrons. The summed E-state index contributed by atoms with van der Waals surface area (Å²) in [6.07, 6.45) is 6.86. The lowest BCUT2D eigenvalue weighted by Crippen LogP contribution is -2.48. The van der Waals surface area contributed by atoms with E-state index in [2.05, 4.69) is 4.72 Å². The van der Waals surface area contributed by atoms with Crippen LogP contribution in [0.3, 0.4) is 0 Å². The van der Waals surface area contributed by atoms with Crippen LogP contribution < -0.4 is 19.8 Å². The molecule has 1 saturated heterocycles. The first-order valence-electron chi connectivity index (χ1n) is 21.0. The fourth-order valence-electron chi connectivity index (χ4n) is 9.65. The first-order chi connectivity index (χ1) is 27.0. The molecule has 57 heavy (non-hydrogen) atoms. The van der Waals surface area contributed by atoms with Crippen LogP contribution in [-0.2, 0) is 40.5 Å². The number of nitrogens with one attached hydrogen (secondary N) is 1. The Hall–Kier alpha value is -3.94. The normalized spacial score (nSPS) is 30.0. The molecular weight excluding hydrogens is 751 g/mol. The van der Waals surface area contributed by atoms with Gasteiger partial charge in [0.25, 0.3) is 5.56 Å². The first kappa shape index (κ1) is 41.2. The Morgan fingerprint density at radius 2 is 1.74 bits per heavy atom. The topological polar surface area (TPSA) is 167 Å². The number of carbonyl (C=O) groups excluding carboxylic acids is 4. The van der Waals surface area contributed by atoms with Crippen LogP contribution in [0.4, 0.5) is 0 Å². The number of amides is 2. The molecule has 2 amide bonds. The maximum Gasteiger partial charge on any atom is 0.306 e. The largest absolute Gasteiger partial charge is 0.497 e. The van der Waals surface area contributed by atoms with Crippen molar-refractivity contribution in [2.24, 2.45) is 28.6 Å². The molecule has 1 aromatic heterocycles. The van der Waals surface area contributed by atoms with Gasteiger partial charge in [0.2, 0.25) is 21.8 Å². The van der Waals surface area contributed by atoms with Crippen LogP contribution in [0.5, 0.6) is 11.6 Å². The third kappa shape index (κ3) is 8.61. The Bertz CT molecular complexity index is 2070. The standard InChI is InChI=1S/C43H59N3O10S/c1-6-28-23-43(28,41(51)44-57(52,53)31-15-16-31)24-35(47)34-21-30-25-46(34)40(50)33(42(2,3)4)22-38(48)56-36-13-10-12-26(36)11-8-7-9-18-45-37(55-30)20-27-19-29(54-5)14-17-32(27)39(45)49/h14,17,19-20,26,28,30-31,33-34,36H,6-13,15-16,18,21-25H2,1-5H3,(H,44,51)/t26-,28-,30-,33-,34+,36-,43-/m1/s1.